The van der Waals surface area contributed by atoms with Crippen LogP contribution in [0.2, 0.25) is 0 Å². The molecule has 0 bridgehead atoms. The number of likely N-dealkylation sites (tertiary alicyclic amines) is 1. The normalized spacial score (nSPS) is 17.8. The number of carboxylic acid groups (broad SMARTS) is 1. The van der Waals surface area contributed by atoms with E-state index in [-0.39, 0.29) is 17.5 Å². The highest BCUT2D eigenvalue weighted by Gasteiger charge is 2.26. The third kappa shape index (κ3) is 6.06. The second-order valence-electron chi connectivity index (χ2n) is 5.96. The number of thioether (sulfide) groups is 1. The van der Waals surface area contributed by atoms with E-state index in [9.17, 15) is 20.0 Å². The molecule has 1 saturated heterocycles. The molecule has 0 aromatic carbocycles. The van der Waals surface area contributed by atoms with E-state index < -0.39 is 12.0 Å². The summed E-state index contributed by atoms with van der Waals surface area (Å²) in [6, 6.07) is 1.18. The number of nitrogens with zero attached hydrogens (tertiary/aromatic N) is 3. The highest BCUT2D eigenvalue weighted by atomic mass is 32.2. The Morgan fingerprint density at radius 3 is 2.62 bits per heavy atom. The van der Waals surface area contributed by atoms with Crippen LogP contribution in [0, 0.1) is 11.3 Å². The minimum absolute atomic E-state index is 0.0631. The molecule has 0 aliphatic carbocycles. The van der Waals surface area contributed by atoms with Gasteiger partial charge in [0.1, 0.15) is 17.7 Å². The van der Waals surface area contributed by atoms with Gasteiger partial charge in [0, 0.05) is 19.3 Å². The summed E-state index contributed by atoms with van der Waals surface area (Å²) in [6.07, 6.45) is 5.31. The molecule has 134 valence electrons. The Labute approximate surface area is 147 Å². The van der Waals surface area contributed by atoms with Gasteiger partial charge in [-0.15, -0.1) is 0 Å². The van der Waals surface area contributed by atoms with Gasteiger partial charge in [0.2, 0.25) is 0 Å². The first-order valence-corrected chi connectivity index (χ1v) is 9.33. The molecule has 1 fully saturated rings. The molecule has 2 N–H and O–H groups in total. The van der Waals surface area contributed by atoms with Crippen LogP contribution < -0.4 is 5.32 Å². The van der Waals surface area contributed by atoms with Gasteiger partial charge in [0.15, 0.2) is 0 Å². The largest absolute Gasteiger partial charge is 0.480 e. The van der Waals surface area contributed by atoms with Crippen molar-refractivity contribution in [2.75, 3.05) is 39.2 Å². The number of hydrogen-bond donors (Lipinski definition) is 2. The Morgan fingerprint density at radius 2 is 2.12 bits per heavy atom. The van der Waals surface area contributed by atoms with E-state index in [2.05, 4.69) is 10.2 Å². The molecule has 1 amide bonds. The highest BCUT2D eigenvalue weighted by molar-refractivity contribution is 7.98. The maximum absolute atomic E-state index is 12.5. The molecule has 1 unspecified atom stereocenters. The molecule has 0 radical (unpaired) electrons. The van der Waals surface area contributed by atoms with E-state index in [1.807, 2.05) is 19.4 Å². The minimum atomic E-state index is -0.992. The molecule has 1 aliphatic heterocycles. The maximum Gasteiger partial charge on any atom is 0.326 e. The van der Waals surface area contributed by atoms with Crippen LogP contribution in [-0.2, 0) is 9.59 Å². The minimum Gasteiger partial charge on any atom is -0.480 e. The van der Waals surface area contributed by atoms with Gasteiger partial charge in [-0.1, -0.05) is 0 Å². The van der Waals surface area contributed by atoms with E-state index >= 15 is 0 Å². The molecule has 1 atom stereocenters. The molecular formula is C16H26N4O3S. The van der Waals surface area contributed by atoms with E-state index in [1.54, 1.807) is 23.7 Å². The van der Waals surface area contributed by atoms with E-state index in [1.165, 1.54) is 6.20 Å². The summed E-state index contributed by atoms with van der Waals surface area (Å²) < 4.78 is 0. The number of carbonyl (C=O) groups excluding carboxylic acids is 1. The predicted molar refractivity (Wildman–Crippen MR) is 94.5 cm³/mol. The maximum atomic E-state index is 12.5. The van der Waals surface area contributed by atoms with Crippen LogP contribution in [0.4, 0.5) is 0 Å². The molecule has 8 heteroatoms. The SMILES string of the molecule is CSCCC(N/C=C(/C#N)C(=O)N(C)C1CCN(C)CC1)C(=O)O. The van der Waals surface area contributed by atoms with Crippen molar-refractivity contribution in [1.82, 2.24) is 15.1 Å². The van der Waals surface area contributed by atoms with Crippen LogP contribution in [0.1, 0.15) is 19.3 Å². The van der Waals surface area contributed by atoms with Crippen LogP contribution in [0.5, 0.6) is 0 Å². The van der Waals surface area contributed by atoms with Crippen molar-refractivity contribution in [2.45, 2.75) is 31.3 Å². The zero-order valence-electron chi connectivity index (χ0n) is 14.5. The van der Waals surface area contributed by atoms with Crippen molar-refractivity contribution < 1.29 is 14.7 Å². The van der Waals surface area contributed by atoms with Crippen molar-refractivity contribution in [2.24, 2.45) is 0 Å². The Hall–Kier alpha value is -1.72. The zero-order chi connectivity index (χ0) is 18.1. The average Bonchev–Trinajstić information content (AvgIpc) is 2.57. The number of likely N-dealkylation sites (N-methyl/N-ethyl adjacent to an activating group) is 1. The van der Waals surface area contributed by atoms with Crippen LogP contribution >= 0.6 is 11.8 Å². The number of nitrogens with one attached hydrogen (secondary N) is 1. The van der Waals surface area contributed by atoms with Crippen molar-refractivity contribution >= 4 is 23.6 Å². The first-order valence-electron chi connectivity index (χ1n) is 7.94. The lowest BCUT2D eigenvalue weighted by Crippen LogP contribution is -2.45. The molecule has 0 spiro atoms. The lowest BCUT2D eigenvalue weighted by Gasteiger charge is -2.35. The number of piperidine rings is 1. The molecule has 1 aliphatic rings. The van der Waals surface area contributed by atoms with Crippen molar-refractivity contribution in [3.8, 4) is 6.07 Å². The third-order valence-electron chi connectivity index (χ3n) is 4.24. The topological polar surface area (TPSA) is 96.7 Å². The van der Waals surface area contributed by atoms with Crippen LogP contribution in [0.3, 0.4) is 0 Å². The standard InChI is InChI=1S/C16H26N4O3S/c1-19-7-4-13(5-8-19)20(2)15(21)12(10-17)11-18-14(16(22)23)6-9-24-3/h11,13-14,18H,4-9H2,1-3H3,(H,22,23)/b12-11-. The Morgan fingerprint density at radius 1 is 1.50 bits per heavy atom. The van der Waals surface area contributed by atoms with Crippen LogP contribution in [-0.4, -0.2) is 78.1 Å². The molecule has 1 rings (SSSR count). The third-order valence-corrected chi connectivity index (χ3v) is 4.89. The smallest absolute Gasteiger partial charge is 0.326 e. The predicted octanol–water partition coefficient (Wildman–Crippen LogP) is 0.742. The number of aliphatic carboxylic acids is 1. The fourth-order valence-corrected chi connectivity index (χ4v) is 3.05. The van der Waals surface area contributed by atoms with Gasteiger partial charge in [-0.25, -0.2) is 4.79 Å². The summed E-state index contributed by atoms with van der Waals surface area (Å²) in [4.78, 5) is 27.5. The summed E-state index contributed by atoms with van der Waals surface area (Å²) in [6.45, 7) is 1.84. The van der Waals surface area contributed by atoms with Gasteiger partial charge >= 0.3 is 5.97 Å². The monoisotopic (exact) mass is 354 g/mol. The number of nitriles is 1. The van der Waals surface area contributed by atoms with Gasteiger partial charge in [0.05, 0.1) is 0 Å². The van der Waals surface area contributed by atoms with Crippen molar-refractivity contribution in [1.29, 1.82) is 5.26 Å². The molecule has 1 heterocycles. The molecular weight excluding hydrogens is 328 g/mol. The average molecular weight is 354 g/mol. The first-order chi connectivity index (χ1) is 11.4. The summed E-state index contributed by atoms with van der Waals surface area (Å²) >= 11 is 1.55. The Bertz CT molecular complexity index is 510. The van der Waals surface area contributed by atoms with Gasteiger partial charge in [-0.2, -0.15) is 17.0 Å². The van der Waals surface area contributed by atoms with Gasteiger partial charge in [-0.3, -0.25) is 4.79 Å². The van der Waals surface area contributed by atoms with Crippen LogP contribution in [0.25, 0.3) is 0 Å². The summed E-state index contributed by atoms with van der Waals surface area (Å²) in [5.41, 5.74) is -0.0631. The summed E-state index contributed by atoms with van der Waals surface area (Å²) in [5.74, 6) is -0.675. The summed E-state index contributed by atoms with van der Waals surface area (Å²) in [7, 11) is 3.75. The Kier molecular flexibility index (Phi) is 8.65. The van der Waals surface area contributed by atoms with Crippen molar-refractivity contribution in [3.63, 3.8) is 0 Å². The van der Waals surface area contributed by atoms with Gasteiger partial charge < -0.3 is 20.2 Å². The lowest BCUT2D eigenvalue weighted by molar-refractivity contribution is -0.139. The number of amides is 1. The lowest BCUT2D eigenvalue weighted by atomic mass is 10.0. The second-order valence-corrected chi connectivity index (χ2v) is 6.94. The number of rotatable bonds is 8. The quantitative estimate of drug-likeness (QED) is 0.490. The molecule has 0 aromatic rings. The Balaban J connectivity index is 2.70. The molecule has 0 saturated carbocycles. The van der Waals surface area contributed by atoms with E-state index in [0.717, 1.165) is 25.9 Å². The number of carbonyl (C=O) groups is 2. The fraction of sp³-hybridized carbons (Fsp3) is 0.688. The van der Waals surface area contributed by atoms with E-state index in [4.69, 9.17) is 0 Å². The fourth-order valence-electron chi connectivity index (χ4n) is 2.58. The summed E-state index contributed by atoms with van der Waals surface area (Å²) in [5, 5.41) is 21.1. The highest BCUT2D eigenvalue weighted by Crippen LogP contribution is 2.16. The zero-order valence-corrected chi connectivity index (χ0v) is 15.3. The molecule has 0 aromatic heterocycles. The molecule has 24 heavy (non-hydrogen) atoms. The van der Waals surface area contributed by atoms with Crippen molar-refractivity contribution in [3.05, 3.63) is 11.8 Å². The van der Waals surface area contributed by atoms with Gasteiger partial charge in [-0.05, 0) is 51.4 Å². The molecule has 7 nitrogen and oxygen atoms in total. The first kappa shape index (κ1) is 20.3. The van der Waals surface area contributed by atoms with Gasteiger partial charge in [0.25, 0.3) is 5.91 Å². The number of hydrogen-bond acceptors (Lipinski definition) is 6. The number of carboxylic acids is 1. The van der Waals surface area contributed by atoms with E-state index in [0.29, 0.717) is 12.2 Å². The second kappa shape index (κ2) is 10.2. The van der Waals surface area contributed by atoms with Crippen LogP contribution in [0.15, 0.2) is 11.8 Å².